The van der Waals surface area contributed by atoms with Gasteiger partial charge in [0.05, 0.1) is 23.9 Å². The lowest BCUT2D eigenvalue weighted by Gasteiger charge is -2.32. The highest BCUT2D eigenvalue weighted by Crippen LogP contribution is 2.21. The number of nitrogens with zero attached hydrogens (tertiary/aromatic N) is 2. The minimum atomic E-state index is -0.972. The highest BCUT2D eigenvalue weighted by Gasteiger charge is 2.32. The molecule has 8 nitrogen and oxygen atoms in total. The van der Waals surface area contributed by atoms with Gasteiger partial charge in [0, 0.05) is 11.9 Å². The van der Waals surface area contributed by atoms with Crippen LogP contribution in [0, 0.1) is 6.92 Å². The number of aliphatic carboxylic acids is 1. The number of thiazole rings is 1. The van der Waals surface area contributed by atoms with Gasteiger partial charge < -0.3 is 14.4 Å². The van der Waals surface area contributed by atoms with Gasteiger partial charge in [-0.25, -0.2) is 9.78 Å². The Labute approximate surface area is 153 Å². The fourth-order valence-corrected chi connectivity index (χ4v) is 3.68. The van der Waals surface area contributed by atoms with Crippen LogP contribution < -0.4 is 5.32 Å². The molecule has 1 unspecified atom stereocenters. The molecule has 1 fully saturated rings. The van der Waals surface area contributed by atoms with Gasteiger partial charge in [-0.1, -0.05) is 0 Å². The van der Waals surface area contributed by atoms with Gasteiger partial charge in [-0.05, 0) is 32.3 Å². The smallest absolute Gasteiger partial charge is 0.326 e. The van der Waals surface area contributed by atoms with Crippen LogP contribution in [0.3, 0.4) is 0 Å². The summed E-state index contributed by atoms with van der Waals surface area (Å²) in [5.74, 6) is -1.05. The molecule has 0 saturated carbocycles. The van der Waals surface area contributed by atoms with E-state index in [2.05, 4.69) is 10.3 Å². The number of amides is 2. The van der Waals surface area contributed by atoms with Crippen LogP contribution in [0.2, 0.25) is 0 Å². The number of carboxylic acids is 1. The van der Waals surface area contributed by atoms with Gasteiger partial charge >= 0.3 is 5.97 Å². The van der Waals surface area contributed by atoms with Gasteiger partial charge in [0.1, 0.15) is 11.8 Å². The third kappa shape index (κ3) is 3.93. The van der Waals surface area contributed by atoms with Gasteiger partial charge in [-0.15, -0.1) is 11.3 Å². The lowest BCUT2D eigenvalue weighted by molar-refractivity contribution is -0.151. The van der Waals surface area contributed by atoms with E-state index in [4.69, 9.17) is 4.42 Å². The Hall–Kier alpha value is -2.68. The Morgan fingerprint density at radius 3 is 2.92 bits per heavy atom. The first kappa shape index (κ1) is 18.1. The molecule has 138 valence electrons. The number of aryl methyl sites for hydroxylation is 1. The Bertz CT molecular complexity index is 828. The average Bonchev–Trinajstić information content (AvgIpc) is 3.23. The molecule has 2 N–H and O–H groups in total. The second-order valence-electron chi connectivity index (χ2n) is 6.10. The predicted molar refractivity (Wildman–Crippen MR) is 94.2 cm³/mol. The van der Waals surface area contributed by atoms with Crippen LogP contribution >= 0.6 is 11.3 Å². The molecule has 9 heteroatoms. The van der Waals surface area contributed by atoms with Crippen LogP contribution in [0.4, 0.5) is 5.13 Å². The van der Waals surface area contributed by atoms with E-state index in [1.54, 1.807) is 18.4 Å². The van der Waals surface area contributed by atoms with E-state index in [9.17, 15) is 19.5 Å². The van der Waals surface area contributed by atoms with E-state index in [0.717, 1.165) is 12.8 Å². The second-order valence-corrected chi connectivity index (χ2v) is 6.96. The zero-order chi connectivity index (χ0) is 18.7. The van der Waals surface area contributed by atoms with Crippen LogP contribution in [0.5, 0.6) is 0 Å². The molecule has 1 saturated heterocycles. The van der Waals surface area contributed by atoms with E-state index in [1.165, 1.54) is 22.5 Å². The van der Waals surface area contributed by atoms with E-state index < -0.39 is 12.0 Å². The number of furan rings is 1. The van der Waals surface area contributed by atoms with E-state index in [-0.39, 0.29) is 18.2 Å². The number of carbonyl (C=O) groups excluding carboxylic acids is 2. The third-order valence-corrected chi connectivity index (χ3v) is 5.12. The lowest BCUT2D eigenvalue weighted by Crippen LogP contribution is -2.48. The van der Waals surface area contributed by atoms with Gasteiger partial charge in [0.25, 0.3) is 5.91 Å². The maximum absolute atomic E-state index is 12.5. The lowest BCUT2D eigenvalue weighted by atomic mass is 10.0. The number of hydrogen-bond acceptors (Lipinski definition) is 6. The largest absolute Gasteiger partial charge is 0.480 e. The number of nitrogens with one attached hydrogen (secondary N) is 1. The summed E-state index contributed by atoms with van der Waals surface area (Å²) in [6.45, 7) is 2.14. The first-order chi connectivity index (χ1) is 12.5. The van der Waals surface area contributed by atoms with Crippen molar-refractivity contribution in [2.75, 3.05) is 11.9 Å². The minimum absolute atomic E-state index is 0.0148. The monoisotopic (exact) mass is 377 g/mol. The van der Waals surface area contributed by atoms with Crippen molar-refractivity contribution in [1.82, 2.24) is 9.88 Å². The molecule has 2 aromatic rings. The number of likely N-dealkylation sites (tertiary alicyclic amines) is 1. The summed E-state index contributed by atoms with van der Waals surface area (Å²) in [4.78, 5) is 41.6. The van der Waals surface area contributed by atoms with Crippen molar-refractivity contribution in [3.63, 3.8) is 0 Å². The zero-order valence-electron chi connectivity index (χ0n) is 14.2. The zero-order valence-corrected chi connectivity index (χ0v) is 15.0. The summed E-state index contributed by atoms with van der Waals surface area (Å²) in [7, 11) is 0. The summed E-state index contributed by atoms with van der Waals surface area (Å²) in [6.07, 6.45) is 3.54. The predicted octanol–water partition coefficient (Wildman–Crippen LogP) is 2.31. The first-order valence-corrected chi connectivity index (χ1v) is 9.16. The molecule has 0 radical (unpaired) electrons. The molecule has 26 heavy (non-hydrogen) atoms. The molecular formula is C17H19N3O5S. The topological polar surface area (TPSA) is 113 Å². The Morgan fingerprint density at radius 2 is 2.23 bits per heavy atom. The molecule has 0 bridgehead atoms. The van der Waals surface area contributed by atoms with Crippen LogP contribution in [-0.4, -0.2) is 45.4 Å². The Balaban J connectivity index is 1.63. The fraction of sp³-hybridized carbons (Fsp3) is 0.412. The third-order valence-electron chi connectivity index (χ3n) is 4.32. The number of piperidine rings is 1. The highest BCUT2D eigenvalue weighted by molar-refractivity contribution is 7.14. The molecule has 2 aromatic heterocycles. The van der Waals surface area contributed by atoms with Crippen molar-refractivity contribution in [2.24, 2.45) is 0 Å². The maximum atomic E-state index is 12.5. The number of carboxylic acid groups (broad SMARTS) is 1. The van der Waals surface area contributed by atoms with Crippen molar-refractivity contribution in [3.05, 3.63) is 34.7 Å². The van der Waals surface area contributed by atoms with Gasteiger partial charge in [0.2, 0.25) is 5.91 Å². The summed E-state index contributed by atoms with van der Waals surface area (Å²) >= 11 is 1.22. The molecule has 1 aliphatic rings. The molecular weight excluding hydrogens is 358 g/mol. The van der Waals surface area contributed by atoms with Crippen molar-refractivity contribution in [1.29, 1.82) is 0 Å². The van der Waals surface area contributed by atoms with Crippen LogP contribution in [0.25, 0.3) is 0 Å². The average molecular weight is 377 g/mol. The van der Waals surface area contributed by atoms with Gasteiger partial charge in [-0.2, -0.15) is 0 Å². The normalized spacial score (nSPS) is 17.1. The number of anilines is 1. The molecule has 3 heterocycles. The van der Waals surface area contributed by atoms with Crippen molar-refractivity contribution in [3.8, 4) is 0 Å². The quantitative estimate of drug-likeness (QED) is 0.827. The summed E-state index contributed by atoms with van der Waals surface area (Å²) in [5.41, 5.74) is 0.935. The second kappa shape index (κ2) is 7.69. The summed E-state index contributed by atoms with van der Waals surface area (Å²) in [6, 6.07) is 0.809. The minimum Gasteiger partial charge on any atom is -0.480 e. The summed E-state index contributed by atoms with van der Waals surface area (Å²) in [5, 5.41) is 14.0. The molecule has 1 atom stereocenters. The molecule has 2 amide bonds. The molecule has 0 aliphatic carbocycles. The van der Waals surface area contributed by atoms with Crippen LogP contribution in [-0.2, 0) is 16.0 Å². The molecule has 0 aromatic carbocycles. The van der Waals surface area contributed by atoms with Crippen molar-refractivity contribution < 1.29 is 23.9 Å². The molecule has 3 rings (SSSR count). The number of aromatic nitrogens is 1. The summed E-state index contributed by atoms with van der Waals surface area (Å²) < 4.78 is 5.10. The molecule has 1 aliphatic heterocycles. The van der Waals surface area contributed by atoms with Gasteiger partial charge in [0.15, 0.2) is 5.13 Å². The first-order valence-electron chi connectivity index (χ1n) is 8.28. The standard InChI is InChI=1S/C17H19N3O5S/c1-10-12(5-7-25-10)15(22)19-17-18-11(9-26-17)8-14(21)20-6-3-2-4-13(20)16(23)24/h5,7,9,13H,2-4,6,8H2,1H3,(H,23,24)(H,18,19,22). The van der Waals surface area contributed by atoms with Crippen LogP contribution in [0.1, 0.15) is 41.1 Å². The number of hydrogen-bond donors (Lipinski definition) is 2. The SMILES string of the molecule is Cc1occc1C(=O)Nc1nc(CC(=O)N2CCCCC2C(=O)O)cs1. The Morgan fingerprint density at radius 1 is 1.42 bits per heavy atom. The van der Waals surface area contributed by atoms with E-state index in [0.29, 0.717) is 35.1 Å². The molecule has 0 spiro atoms. The Kier molecular flexibility index (Phi) is 5.36. The highest BCUT2D eigenvalue weighted by atomic mass is 32.1. The van der Waals surface area contributed by atoms with E-state index in [1.807, 2.05) is 0 Å². The number of rotatable bonds is 5. The van der Waals surface area contributed by atoms with Crippen LogP contribution in [0.15, 0.2) is 22.1 Å². The van der Waals surface area contributed by atoms with E-state index >= 15 is 0 Å². The fourth-order valence-electron chi connectivity index (χ4n) is 2.97. The van der Waals surface area contributed by atoms with Gasteiger partial charge in [-0.3, -0.25) is 14.9 Å². The maximum Gasteiger partial charge on any atom is 0.326 e. The van der Waals surface area contributed by atoms with Crippen molar-refractivity contribution >= 4 is 34.3 Å². The van der Waals surface area contributed by atoms with Crippen molar-refractivity contribution in [2.45, 2.75) is 38.6 Å². The number of carbonyl (C=O) groups is 3.